The third-order valence-corrected chi connectivity index (χ3v) is 2.65. The van der Waals surface area contributed by atoms with Gasteiger partial charge in [-0.2, -0.15) is 0 Å². The number of benzene rings is 1. The molecular formula is C13H14N2O6. The van der Waals surface area contributed by atoms with Crippen molar-refractivity contribution in [3.8, 4) is 5.75 Å². The lowest BCUT2D eigenvalue weighted by Gasteiger charge is -2.14. The van der Waals surface area contributed by atoms with E-state index in [-0.39, 0.29) is 23.4 Å². The van der Waals surface area contributed by atoms with Gasteiger partial charge in [0.1, 0.15) is 6.04 Å². The number of rotatable bonds is 7. The Morgan fingerprint density at radius 1 is 1.57 bits per heavy atom. The van der Waals surface area contributed by atoms with Crippen molar-refractivity contribution in [3.63, 3.8) is 0 Å². The van der Waals surface area contributed by atoms with Gasteiger partial charge in [-0.15, -0.1) is 6.58 Å². The molecule has 21 heavy (non-hydrogen) atoms. The minimum Gasteiger partial charge on any atom is -0.490 e. The molecule has 1 aromatic carbocycles. The quantitative estimate of drug-likeness (QED) is 0.445. The van der Waals surface area contributed by atoms with Gasteiger partial charge in [0, 0.05) is 6.07 Å². The molecule has 1 unspecified atom stereocenters. The van der Waals surface area contributed by atoms with E-state index in [0.717, 1.165) is 0 Å². The van der Waals surface area contributed by atoms with Gasteiger partial charge in [-0.1, -0.05) is 12.1 Å². The van der Waals surface area contributed by atoms with Crippen molar-refractivity contribution >= 4 is 17.6 Å². The highest BCUT2D eigenvalue weighted by Gasteiger charge is 2.25. The molecule has 0 saturated carbocycles. The normalized spacial score (nSPS) is 11.3. The highest BCUT2D eigenvalue weighted by atomic mass is 16.6. The maximum atomic E-state index is 12.1. The molecule has 112 valence electrons. The predicted molar refractivity (Wildman–Crippen MR) is 73.4 cm³/mol. The van der Waals surface area contributed by atoms with E-state index in [4.69, 9.17) is 9.84 Å². The Morgan fingerprint density at radius 3 is 2.71 bits per heavy atom. The first kappa shape index (κ1) is 16.2. The number of nitro groups is 1. The van der Waals surface area contributed by atoms with Gasteiger partial charge in [-0.25, -0.2) is 4.79 Å². The number of carboxylic acid groups (broad SMARTS) is 1. The number of amides is 1. The highest BCUT2D eigenvalue weighted by molar-refractivity contribution is 6.00. The van der Waals surface area contributed by atoms with Crippen LogP contribution in [0.1, 0.15) is 16.8 Å². The van der Waals surface area contributed by atoms with Crippen LogP contribution in [0.3, 0.4) is 0 Å². The molecule has 8 heteroatoms. The third-order valence-electron chi connectivity index (χ3n) is 2.65. The number of para-hydroxylation sites is 1. The summed E-state index contributed by atoms with van der Waals surface area (Å²) in [6.45, 7) is 3.41. The molecule has 0 bridgehead atoms. The smallest absolute Gasteiger partial charge is 0.326 e. The second kappa shape index (κ2) is 7.04. The van der Waals surface area contributed by atoms with Crippen LogP contribution in [0.5, 0.6) is 5.75 Å². The molecule has 0 spiro atoms. The molecule has 1 aromatic rings. The number of nitrogens with one attached hydrogen (secondary N) is 1. The number of carboxylic acids is 1. The van der Waals surface area contributed by atoms with Crippen molar-refractivity contribution in [3.05, 3.63) is 46.5 Å². The van der Waals surface area contributed by atoms with E-state index in [1.54, 1.807) is 0 Å². The summed E-state index contributed by atoms with van der Waals surface area (Å²) in [5.41, 5.74) is -0.484. The Balaban J connectivity index is 3.12. The van der Waals surface area contributed by atoms with Crippen molar-refractivity contribution in [1.29, 1.82) is 0 Å². The number of hydrogen-bond donors (Lipinski definition) is 2. The molecule has 1 amide bonds. The van der Waals surface area contributed by atoms with Crippen LogP contribution in [0.15, 0.2) is 30.9 Å². The van der Waals surface area contributed by atoms with Crippen LogP contribution in [0.25, 0.3) is 0 Å². The fourth-order valence-electron chi connectivity index (χ4n) is 1.69. The van der Waals surface area contributed by atoms with E-state index in [1.165, 1.54) is 31.4 Å². The number of carbonyl (C=O) groups excluding carboxylic acids is 1. The number of carbonyl (C=O) groups is 2. The fraction of sp³-hybridized carbons (Fsp3) is 0.231. The lowest BCUT2D eigenvalue weighted by molar-refractivity contribution is -0.385. The molecule has 1 rings (SSSR count). The van der Waals surface area contributed by atoms with Crippen LogP contribution in [-0.4, -0.2) is 35.1 Å². The van der Waals surface area contributed by atoms with Crippen molar-refractivity contribution in [2.75, 3.05) is 7.11 Å². The molecule has 0 saturated heterocycles. The SMILES string of the molecule is C=CCC(NC(=O)c1cccc([N+](=O)[O-])c1OC)C(=O)O. The second-order valence-corrected chi connectivity index (χ2v) is 4.00. The summed E-state index contributed by atoms with van der Waals surface area (Å²) in [4.78, 5) is 33.2. The standard InChI is InChI=1S/C13H14N2O6/c1-3-5-9(13(17)18)14-12(16)8-6-4-7-10(15(19)20)11(8)21-2/h3-4,6-7,9H,1,5H2,2H3,(H,14,16)(H,17,18). The minimum absolute atomic E-state index is 0.0261. The number of methoxy groups -OCH3 is 1. The Hall–Kier alpha value is -2.90. The monoisotopic (exact) mass is 294 g/mol. The summed E-state index contributed by atoms with van der Waals surface area (Å²) in [6.07, 6.45) is 1.38. The fourth-order valence-corrected chi connectivity index (χ4v) is 1.69. The van der Waals surface area contributed by atoms with Crippen molar-refractivity contribution in [2.45, 2.75) is 12.5 Å². The van der Waals surface area contributed by atoms with Crippen molar-refractivity contribution in [2.24, 2.45) is 0 Å². The van der Waals surface area contributed by atoms with E-state index in [0.29, 0.717) is 0 Å². The summed E-state index contributed by atoms with van der Waals surface area (Å²) < 4.78 is 4.89. The van der Waals surface area contributed by atoms with Crippen LogP contribution >= 0.6 is 0 Å². The number of hydrogen-bond acceptors (Lipinski definition) is 5. The predicted octanol–water partition coefficient (Wildman–Crippen LogP) is 1.36. The number of nitrogens with zero attached hydrogens (tertiary/aromatic N) is 1. The topological polar surface area (TPSA) is 119 Å². The lowest BCUT2D eigenvalue weighted by atomic mass is 10.1. The van der Waals surface area contributed by atoms with E-state index in [9.17, 15) is 19.7 Å². The maximum absolute atomic E-state index is 12.1. The van der Waals surface area contributed by atoms with Crippen molar-refractivity contribution in [1.82, 2.24) is 5.32 Å². The molecule has 0 aliphatic carbocycles. The Kier molecular flexibility index (Phi) is 5.41. The first-order valence-corrected chi connectivity index (χ1v) is 5.88. The molecule has 0 aliphatic rings. The van der Waals surface area contributed by atoms with Gasteiger partial charge >= 0.3 is 11.7 Å². The Morgan fingerprint density at radius 2 is 2.24 bits per heavy atom. The number of nitro benzene ring substituents is 1. The molecule has 0 fully saturated rings. The van der Waals surface area contributed by atoms with E-state index >= 15 is 0 Å². The zero-order valence-corrected chi connectivity index (χ0v) is 11.2. The third kappa shape index (κ3) is 3.78. The van der Waals surface area contributed by atoms with Crippen LogP contribution in [0.2, 0.25) is 0 Å². The van der Waals surface area contributed by atoms with Gasteiger partial charge in [0.05, 0.1) is 17.6 Å². The minimum atomic E-state index is -1.23. The zero-order valence-electron chi connectivity index (χ0n) is 11.2. The van der Waals surface area contributed by atoms with Gasteiger partial charge in [-0.05, 0) is 12.5 Å². The second-order valence-electron chi connectivity index (χ2n) is 4.00. The first-order chi connectivity index (χ1) is 9.92. The van der Waals surface area contributed by atoms with E-state index in [2.05, 4.69) is 11.9 Å². The van der Waals surface area contributed by atoms with E-state index in [1.807, 2.05) is 0 Å². The average Bonchev–Trinajstić information content (AvgIpc) is 2.45. The molecule has 0 aromatic heterocycles. The summed E-state index contributed by atoms with van der Waals surface area (Å²) in [5.74, 6) is -2.22. The number of aliphatic carboxylic acids is 1. The van der Waals surface area contributed by atoms with Gasteiger partial charge < -0.3 is 15.2 Å². The van der Waals surface area contributed by atoms with E-state index < -0.39 is 22.8 Å². The molecule has 0 radical (unpaired) electrons. The maximum Gasteiger partial charge on any atom is 0.326 e. The summed E-state index contributed by atoms with van der Waals surface area (Å²) in [7, 11) is 1.19. The van der Waals surface area contributed by atoms with Crippen LogP contribution < -0.4 is 10.1 Å². The molecule has 1 atom stereocenters. The van der Waals surface area contributed by atoms with Gasteiger partial charge in [0.15, 0.2) is 0 Å². The zero-order chi connectivity index (χ0) is 16.0. The van der Waals surface area contributed by atoms with Gasteiger partial charge in [-0.3, -0.25) is 14.9 Å². The van der Waals surface area contributed by atoms with Crippen molar-refractivity contribution < 1.29 is 24.4 Å². The summed E-state index contributed by atoms with van der Waals surface area (Å²) >= 11 is 0. The molecule has 2 N–H and O–H groups in total. The lowest BCUT2D eigenvalue weighted by Crippen LogP contribution is -2.40. The van der Waals surface area contributed by atoms with Gasteiger partial charge in [0.2, 0.25) is 5.75 Å². The highest BCUT2D eigenvalue weighted by Crippen LogP contribution is 2.30. The summed E-state index contributed by atoms with van der Waals surface area (Å²) in [5, 5.41) is 22.1. The molecular weight excluding hydrogens is 280 g/mol. The Bertz CT molecular complexity index is 584. The van der Waals surface area contributed by atoms with Gasteiger partial charge in [0.25, 0.3) is 5.91 Å². The molecule has 0 aliphatic heterocycles. The largest absolute Gasteiger partial charge is 0.490 e. The molecule has 0 heterocycles. The summed E-state index contributed by atoms with van der Waals surface area (Å²) in [6, 6.07) is 2.65. The number of ether oxygens (including phenoxy) is 1. The van der Waals surface area contributed by atoms with Crippen LogP contribution in [0.4, 0.5) is 5.69 Å². The van der Waals surface area contributed by atoms with Crippen LogP contribution in [0, 0.1) is 10.1 Å². The Labute approximate surface area is 120 Å². The van der Waals surface area contributed by atoms with Crippen LogP contribution in [-0.2, 0) is 4.79 Å². The average molecular weight is 294 g/mol. The molecule has 8 nitrogen and oxygen atoms in total. The first-order valence-electron chi connectivity index (χ1n) is 5.88.